The summed E-state index contributed by atoms with van der Waals surface area (Å²) in [4.78, 5) is 8.58. The zero-order valence-electron chi connectivity index (χ0n) is 9.14. The van der Waals surface area contributed by atoms with Gasteiger partial charge in [-0.1, -0.05) is 0 Å². The molecule has 2 rings (SSSR count). The highest BCUT2D eigenvalue weighted by atomic mass is 79.9. The van der Waals surface area contributed by atoms with Gasteiger partial charge in [-0.05, 0) is 22.9 Å². The van der Waals surface area contributed by atoms with Crippen LogP contribution < -0.4 is 5.32 Å². The number of hydrogen-bond acceptors (Lipinski definition) is 4. The van der Waals surface area contributed by atoms with E-state index in [1.807, 2.05) is 30.2 Å². The summed E-state index contributed by atoms with van der Waals surface area (Å²) >= 11 is 5.07. The van der Waals surface area contributed by atoms with Gasteiger partial charge in [0.05, 0.1) is 22.6 Å². The molecule has 1 N–H and O–H groups in total. The predicted molar refractivity (Wildman–Crippen MR) is 68.3 cm³/mol. The smallest absolute Gasteiger partial charge is 0.122 e. The number of nitrogens with one attached hydrogen (secondary N) is 1. The summed E-state index contributed by atoms with van der Waals surface area (Å²) in [6, 6.07) is 0.244. The summed E-state index contributed by atoms with van der Waals surface area (Å²) in [5.74, 6) is 1.03. The molecule has 0 spiro atoms. The van der Waals surface area contributed by atoms with Crippen LogP contribution in [0.25, 0.3) is 0 Å². The third-order valence-corrected chi connectivity index (χ3v) is 4.01. The van der Waals surface area contributed by atoms with Crippen LogP contribution in [0, 0.1) is 0 Å². The van der Waals surface area contributed by atoms with Crippen molar-refractivity contribution in [1.29, 1.82) is 0 Å². The molecular formula is C10H13BrN4S. The number of aryl methyl sites for hydroxylation is 1. The summed E-state index contributed by atoms with van der Waals surface area (Å²) in [6.07, 6.45) is 5.59. The van der Waals surface area contributed by atoms with Crippen molar-refractivity contribution in [3.05, 3.63) is 33.2 Å². The van der Waals surface area contributed by atoms with Crippen molar-refractivity contribution in [3.8, 4) is 0 Å². The number of rotatable bonds is 4. The van der Waals surface area contributed by atoms with Gasteiger partial charge in [0, 0.05) is 19.4 Å². The Morgan fingerprint density at radius 2 is 2.38 bits per heavy atom. The topological polar surface area (TPSA) is 42.7 Å². The summed E-state index contributed by atoms with van der Waals surface area (Å²) in [7, 11) is 1.99. The van der Waals surface area contributed by atoms with E-state index in [-0.39, 0.29) is 6.04 Å². The molecule has 1 unspecified atom stereocenters. The number of halogens is 1. The Morgan fingerprint density at radius 1 is 1.56 bits per heavy atom. The van der Waals surface area contributed by atoms with Crippen molar-refractivity contribution >= 4 is 27.3 Å². The third kappa shape index (κ3) is 2.69. The van der Waals surface area contributed by atoms with Crippen LogP contribution >= 0.6 is 27.3 Å². The zero-order valence-corrected chi connectivity index (χ0v) is 11.5. The lowest BCUT2D eigenvalue weighted by Gasteiger charge is -2.10. The summed E-state index contributed by atoms with van der Waals surface area (Å²) in [6.45, 7) is 2.86. The van der Waals surface area contributed by atoms with Gasteiger partial charge < -0.3 is 9.88 Å². The molecule has 0 fully saturated rings. The highest BCUT2D eigenvalue weighted by Gasteiger charge is 2.10. The molecule has 2 heterocycles. The van der Waals surface area contributed by atoms with Gasteiger partial charge >= 0.3 is 0 Å². The van der Waals surface area contributed by atoms with E-state index >= 15 is 0 Å². The molecular weight excluding hydrogens is 288 g/mol. The summed E-state index contributed by atoms with van der Waals surface area (Å²) in [5, 5.41) is 4.48. The number of imidazole rings is 1. The van der Waals surface area contributed by atoms with Crippen molar-refractivity contribution in [2.45, 2.75) is 19.5 Å². The van der Waals surface area contributed by atoms with E-state index < -0.39 is 0 Å². The Bertz CT molecular complexity index is 465. The normalized spacial score (nSPS) is 12.9. The first-order chi connectivity index (χ1) is 7.66. The van der Waals surface area contributed by atoms with Crippen molar-refractivity contribution < 1.29 is 0 Å². The lowest BCUT2D eigenvalue weighted by Crippen LogP contribution is -2.19. The van der Waals surface area contributed by atoms with Gasteiger partial charge in [-0.2, -0.15) is 0 Å². The fourth-order valence-corrected chi connectivity index (χ4v) is 2.64. The molecule has 0 radical (unpaired) electrons. The molecule has 0 amide bonds. The Kier molecular flexibility index (Phi) is 3.73. The molecule has 0 bridgehead atoms. The van der Waals surface area contributed by atoms with E-state index in [1.54, 1.807) is 11.3 Å². The molecule has 0 saturated heterocycles. The first-order valence-electron chi connectivity index (χ1n) is 4.97. The summed E-state index contributed by atoms with van der Waals surface area (Å²) < 4.78 is 3.07. The Balaban J connectivity index is 1.93. The number of nitrogens with zero attached hydrogens (tertiary/aromatic N) is 3. The first kappa shape index (κ1) is 11.8. The predicted octanol–water partition coefficient (Wildman–Crippen LogP) is 2.49. The second-order valence-corrected chi connectivity index (χ2v) is 6.00. The quantitative estimate of drug-likeness (QED) is 0.943. The maximum atomic E-state index is 4.32. The minimum absolute atomic E-state index is 0.244. The maximum absolute atomic E-state index is 4.32. The average molecular weight is 301 g/mol. The molecule has 0 aliphatic carbocycles. The van der Waals surface area contributed by atoms with E-state index in [0.717, 1.165) is 21.2 Å². The third-order valence-electron chi connectivity index (χ3n) is 2.35. The molecule has 4 nitrogen and oxygen atoms in total. The van der Waals surface area contributed by atoms with Crippen LogP contribution in [0.15, 0.2) is 22.4 Å². The van der Waals surface area contributed by atoms with Crippen molar-refractivity contribution in [1.82, 2.24) is 19.9 Å². The van der Waals surface area contributed by atoms with Crippen LogP contribution in [0.4, 0.5) is 0 Å². The van der Waals surface area contributed by atoms with Gasteiger partial charge in [-0.3, -0.25) is 0 Å². The Hall–Kier alpha value is -0.720. The SMILES string of the molecule is CC(NCc1nccn1C)c1ncc(Br)s1. The molecule has 0 aliphatic heterocycles. The molecule has 86 valence electrons. The van der Waals surface area contributed by atoms with E-state index in [2.05, 4.69) is 38.1 Å². The molecule has 2 aromatic rings. The van der Waals surface area contributed by atoms with Gasteiger partial charge in [0.2, 0.25) is 0 Å². The van der Waals surface area contributed by atoms with E-state index in [4.69, 9.17) is 0 Å². The maximum Gasteiger partial charge on any atom is 0.122 e. The van der Waals surface area contributed by atoms with Crippen LogP contribution in [-0.4, -0.2) is 14.5 Å². The molecule has 0 saturated carbocycles. The fourth-order valence-electron chi connectivity index (χ4n) is 1.37. The fraction of sp³-hybridized carbons (Fsp3) is 0.400. The lowest BCUT2D eigenvalue weighted by molar-refractivity contribution is 0.547. The Morgan fingerprint density at radius 3 is 2.94 bits per heavy atom. The van der Waals surface area contributed by atoms with Gasteiger partial charge in [-0.15, -0.1) is 11.3 Å². The number of aromatic nitrogens is 3. The Labute approximate surface area is 107 Å². The molecule has 0 aliphatic rings. The van der Waals surface area contributed by atoms with Crippen LogP contribution in [-0.2, 0) is 13.6 Å². The standard InChI is InChI=1S/C10H13BrN4S/c1-7(10-14-5-8(11)16-10)13-6-9-12-3-4-15(9)2/h3-5,7,13H,6H2,1-2H3. The lowest BCUT2D eigenvalue weighted by atomic mass is 10.3. The molecule has 1 atom stereocenters. The summed E-state index contributed by atoms with van der Waals surface area (Å²) in [5.41, 5.74) is 0. The first-order valence-corrected chi connectivity index (χ1v) is 6.58. The zero-order chi connectivity index (χ0) is 11.5. The highest BCUT2D eigenvalue weighted by Crippen LogP contribution is 2.24. The van der Waals surface area contributed by atoms with Gasteiger partial charge in [0.25, 0.3) is 0 Å². The van der Waals surface area contributed by atoms with Gasteiger partial charge in [-0.25, -0.2) is 9.97 Å². The van der Waals surface area contributed by atoms with Crippen molar-refractivity contribution in [2.24, 2.45) is 7.05 Å². The molecule has 16 heavy (non-hydrogen) atoms. The minimum Gasteiger partial charge on any atom is -0.337 e. The molecule has 6 heteroatoms. The van der Waals surface area contributed by atoms with E-state index in [9.17, 15) is 0 Å². The van der Waals surface area contributed by atoms with Gasteiger partial charge in [0.1, 0.15) is 10.8 Å². The molecule has 2 aromatic heterocycles. The van der Waals surface area contributed by atoms with E-state index in [1.165, 1.54) is 0 Å². The van der Waals surface area contributed by atoms with Gasteiger partial charge in [0.15, 0.2) is 0 Å². The largest absolute Gasteiger partial charge is 0.337 e. The highest BCUT2D eigenvalue weighted by molar-refractivity contribution is 9.11. The minimum atomic E-state index is 0.244. The number of thiazole rings is 1. The van der Waals surface area contributed by atoms with Crippen LogP contribution in [0.1, 0.15) is 23.8 Å². The van der Waals surface area contributed by atoms with Crippen LogP contribution in [0.3, 0.4) is 0 Å². The van der Waals surface area contributed by atoms with Crippen molar-refractivity contribution in [3.63, 3.8) is 0 Å². The monoisotopic (exact) mass is 300 g/mol. The van der Waals surface area contributed by atoms with E-state index in [0.29, 0.717) is 0 Å². The molecule has 0 aromatic carbocycles. The van der Waals surface area contributed by atoms with Crippen LogP contribution in [0.5, 0.6) is 0 Å². The van der Waals surface area contributed by atoms with Crippen molar-refractivity contribution in [2.75, 3.05) is 0 Å². The average Bonchev–Trinajstić information content (AvgIpc) is 2.84. The second kappa shape index (κ2) is 5.07. The van der Waals surface area contributed by atoms with Crippen LogP contribution in [0.2, 0.25) is 0 Å². The number of hydrogen-bond donors (Lipinski definition) is 1. The second-order valence-electron chi connectivity index (χ2n) is 3.56.